The number of phenolic OH excluding ortho intramolecular Hbond substituents is 1. The van der Waals surface area contributed by atoms with Crippen molar-refractivity contribution in [3.63, 3.8) is 0 Å². The molecule has 0 saturated carbocycles. The largest absolute Gasteiger partial charge is 0.508 e. The van der Waals surface area contributed by atoms with Crippen molar-refractivity contribution in [3.05, 3.63) is 54.6 Å². The van der Waals surface area contributed by atoms with E-state index in [0.29, 0.717) is 5.75 Å². The van der Waals surface area contributed by atoms with Gasteiger partial charge in [0.25, 0.3) is 0 Å². The van der Waals surface area contributed by atoms with Crippen molar-refractivity contribution in [2.24, 2.45) is 0 Å². The van der Waals surface area contributed by atoms with Gasteiger partial charge in [0.2, 0.25) is 0 Å². The summed E-state index contributed by atoms with van der Waals surface area (Å²) in [7, 11) is 0. The smallest absolute Gasteiger partial charge is 0.120 e. The molecule has 0 aliphatic carbocycles. The third-order valence-electron chi connectivity index (χ3n) is 2.43. The molecular weight excluding hydrogens is 251 g/mol. The first-order valence-electron chi connectivity index (χ1n) is 4.50. The fourth-order valence-electron chi connectivity index (χ4n) is 1.78. The van der Waals surface area contributed by atoms with Crippen molar-refractivity contribution < 1.29 is 21.6 Å². The molecule has 0 radical (unpaired) electrons. The summed E-state index contributed by atoms with van der Waals surface area (Å²) in [5.74, 6) is 0.365. The first-order chi connectivity index (χ1) is 6.77. The number of hydrogen-bond acceptors (Lipinski definition) is 2. The number of rotatable bonds is 2. The van der Waals surface area contributed by atoms with Gasteiger partial charge in [0.15, 0.2) is 0 Å². The Hall–Kier alpha value is -0.656. The molecule has 2 atom stereocenters. The Morgan fingerprint density at radius 2 is 1.87 bits per heavy atom. The predicted octanol–water partition coefficient (Wildman–Crippen LogP) is 3.59. The van der Waals surface area contributed by atoms with E-state index in [1.54, 1.807) is 17.8 Å². The van der Waals surface area contributed by atoms with Gasteiger partial charge in [0.05, 0.1) is 5.25 Å². The molecule has 0 aromatic heterocycles. The molecule has 1 N–H and O–H groups in total. The zero-order chi connectivity index (χ0) is 10.1. The molecule has 0 saturated heterocycles. The summed E-state index contributed by atoms with van der Waals surface area (Å²) in [5.41, 5.74) is 2.16. The third-order valence-corrected chi connectivity index (χ3v) is 3.89. The molecule has 0 amide bonds. The van der Waals surface area contributed by atoms with Crippen molar-refractivity contribution >= 4 is 11.8 Å². The topological polar surface area (TPSA) is 20.2 Å². The Balaban J connectivity index is 0.00000112. The van der Waals surface area contributed by atoms with Crippen LogP contribution in [0.4, 0.5) is 0 Å². The van der Waals surface area contributed by atoms with Crippen LogP contribution in [-0.2, 0) is 16.5 Å². The van der Waals surface area contributed by atoms with Gasteiger partial charge in [-0.15, -0.1) is 24.9 Å². The SMILES string of the molecule is C=CC1SC(C=C)c2c(O)cccc21.[Ni]. The van der Waals surface area contributed by atoms with E-state index >= 15 is 0 Å². The van der Waals surface area contributed by atoms with Crippen LogP contribution in [0.2, 0.25) is 0 Å². The molecule has 82 valence electrons. The van der Waals surface area contributed by atoms with Crippen molar-refractivity contribution in [3.8, 4) is 5.75 Å². The van der Waals surface area contributed by atoms with Crippen LogP contribution in [0.3, 0.4) is 0 Å². The van der Waals surface area contributed by atoms with Crippen molar-refractivity contribution in [1.82, 2.24) is 0 Å². The molecule has 1 aliphatic heterocycles. The van der Waals surface area contributed by atoms with Crippen molar-refractivity contribution in [1.29, 1.82) is 0 Å². The van der Waals surface area contributed by atoms with Crippen LogP contribution in [0.25, 0.3) is 0 Å². The Labute approximate surface area is 104 Å². The molecule has 1 aliphatic rings. The molecule has 1 nitrogen and oxygen atoms in total. The third kappa shape index (κ3) is 1.99. The Morgan fingerprint density at radius 3 is 2.47 bits per heavy atom. The first kappa shape index (κ1) is 12.4. The van der Waals surface area contributed by atoms with Gasteiger partial charge in [-0.2, -0.15) is 0 Å². The molecule has 1 heterocycles. The zero-order valence-electron chi connectivity index (χ0n) is 8.13. The predicted molar refractivity (Wildman–Crippen MR) is 61.6 cm³/mol. The molecule has 2 unspecified atom stereocenters. The van der Waals surface area contributed by atoms with Crippen LogP contribution in [0.15, 0.2) is 43.5 Å². The minimum atomic E-state index is 0. The van der Waals surface area contributed by atoms with Gasteiger partial charge >= 0.3 is 0 Å². The van der Waals surface area contributed by atoms with Crippen LogP contribution in [0, 0.1) is 0 Å². The van der Waals surface area contributed by atoms with Crippen LogP contribution in [-0.4, -0.2) is 5.11 Å². The molecule has 2 rings (SSSR count). The normalized spacial score (nSPS) is 22.7. The maximum atomic E-state index is 9.75. The number of benzene rings is 1. The first-order valence-corrected chi connectivity index (χ1v) is 5.44. The zero-order valence-corrected chi connectivity index (χ0v) is 9.93. The summed E-state index contributed by atoms with van der Waals surface area (Å²) in [6.07, 6.45) is 3.78. The van der Waals surface area contributed by atoms with Crippen LogP contribution in [0.5, 0.6) is 5.75 Å². The second-order valence-electron chi connectivity index (χ2n) is 3.23. The molecule has 0 bridgehead atoms. The van der Waals surface area contributed by atoms with Crippen molar-refractivity contribution in [2.45, 2.75) is 10.5 Å². The van der Waals surface area contributed by atoms with E-state index in [1.807, 2.05) is 24.3 Å². The van der Waals surface area contributed by atoms with Crippen LogP contribution in [0.1, 0.15) is 21.6 Å². The van der Waals surface area contributed by atoms with E-state index in [-0.39, 0.29) is 27.0 Å². The summed E-state index contributed by atoms with van der Waals surface area (Å²) in [4.78, 5) is 0. The fourth-order valence-corrected chi connectivity index (χ4v) is 3.07. The van der Waals surface area contributed by atoms with Gasteiger partial charge in [-0.25, -0.2) is 0 Å². The van der Waals surface area contributed by atoms with E-state index < -0.39 is 0 Å². The van der Waals surface area contributed by atoms with E-state index in [4.69, 9.17) is 0 Å². The monoisotopic (exact) mass is 262 g/mol. The molecule has 1 aromatic rings. The summed E-state index contributed by atoms with van der Waals surface area (Å²) in [6, 6.07) is 5.63. The summed E-state index contributed by atoms with van der Waals surface area (Å²) in [6.45, 7) is 7.59. The van der Waals surface area contributed by atoms with Gasteiger partial charge < -0.3 is 5.11 Å². The van der Waals surface area contributed by atoms with E-state index in [2.05, 4.69) is 13.2 Å². The summed E-state index contributed by atoms with van der Waals surface area (Å²) >= 11 is 1.76. The average Bonchev–Trinajstić information content (AvgIpc) is 2.57. The van der Waals surface area contributed by atoms with Gasteiger partial charge in [-0.3, -0.25) is 0 Å². The average molecular weight is 263 g/mol. The second kappa shape index (κ2) is 4.91. The molecule has 0 spiro atoms. The van der Waals surface area contributed by atoms with Gasteiger partial charge in [0.1, 0.15) is 5.75 Å². The number of phenols is 1. The Kier molecular flexibility index (Phi) is 4.07. The molecule has 0 fully saturated rings. The quantitative estimate of drug-likeness (QED) is 0.649. The maximum absolute atomic E-state index is 9.75. The van der Waals surface area contributed by atoms with E-state index in [9.17, 15) is 5.11 Å². The van der Waals surface area contributed by atoms with Gasteiger partial charge in [0, 0.05) is 27.3 Å². The maximum Gasteiger partial charge on any atom is 0.120 e. The van der Waals surface area contributed by atoms with E-state index in [0.717, 1.165) is 11.1 Å². The molecular formula is C12H12NiOS. The standard InChI is InChI=1S/C12H12OS.Ni/c1-3-10-8-6-5-7-9(13)12(8)11(4-2)14-10;/h3-7,10-11,13H,1-2H2;. The Morgan fingerprint density at radius 1 is 1.20 bits per heavy atom. The number of thioether (sulfide) groups is 1. The minimum absolute atomic E-state index is 0. The molecule has 3 heteroatoms. The van der Waals surface area contributed by atoms with Crippen LogP contribution >= 0.6 is 11.8 Å². The van der Waals surface area contributed by atoms with Crippen molar-refractivity contribution in [2.75, 3.05) is 0 Å². The second-order valence-corrected chi connectivity index (χ2v) is 4.52. The summed E-state index contributed by atoms with van der Waals surface area (Å²) < 4.78 is 0. The van der Waals surface area contributed by atoms with Gasteiger partial charge in [-0.1, -0.05) is 24.3 Å². The van der Waals surface area contributed by atoms with Gasteiger partial charge in [-0.05, 0) is 11.6 Å². The molecule has 15 heavy (non-hydrogen) atoms. The summed E-state index contributed by atoms with van der Waals surface area (Å²) in [5, 5.41) is 10.2. The molecule has 1 aromatic carbocycles. The minimum Gasteiger partial charge on any atom is -0.508 e. The fraction of sp³-hybridized carbons (Fsp3) is 0.167. The number of fused-ring (bicyclic) bond motifs is 1. The number of hydrogen-bond donors (Lipinski definition) is 1. The number of aromatic hydroxyl groups is 1. The Bertz CT molecular complexity index is 389. The van der Waals surface area contributed by atoms with E-state index in [1.165, 1.54) is 0 Å². The van der Waals surface area contributed by atoms with Crippen LogP contribution < -0.4 is 0 Å².